The first-order valence-corrected chi connectivity index (χ1v) is 4.82. The Morgan fingerprint density at radius 2 is 2.33 bits per heavy atom. The minimum Gasteiger partial charge on any atom is -0.395 e. The van der Waals surface area contributed by atoms with Gasteiger partial charge in [-0.2, -0.15) is 8.78 Å². The molecule has 1 aromatic heterocycles. The van der Waals surface area contributed by atoms with Gasteiger partial charge in [0.15, 0.2) is 5.69 Å². The second-order valence-electron chi connectivity index (χ2n) is 3.33. The van der Waals surface area contributed by atoms with Crippen molar-refractivity contribution in [2.75, 3.05) is 13.2 Å². The van der Waals surface area contributed by atoms with Crippen molar-refractivity contribution in [1.82, 2.24) is 15.3 Å². The number of aromatic nitrogens is 2. The Labute approximate surface area is 99.2 Å². The zero-order valence-corrected chi connectivity index (χ0v) is 9.02. The molecule has 18 heavy (non-hydrogen) atoms. The summed E-state index contributed by atoms with van der Waals surface area (Å²) in [6, 6.07) is 0. The normalized spacial score (nSPS) is 11.3. The highest BCUT2D eigenvalue weighted by atomic mass is 19.3. The van der Waals surface area contributed by atoms with Gasteiger partial charge < -0.3 is 20.5 Å². The average molecular weight is 264 g/mol. The number of imidazole rings is 1. The van der Waals surface area contributed by atoms with Crippen LogP contribution in [-0.2, 0) is 11.2 Å². The number of halogens is 2. The number of hydrogen-bond donors (Lipinski definition) is 3. The number of aromatic amines is 1. The van der Waals surface area contributed by atoms with Crippen LogP contribution in [0.4, 0.5) is 14.7 Å². The second kappa shape index (κ2) is 5.49. The Hall–Kier alpha value is -2.10. The van der Waals surface area contributed by atoms with Crippen molar-refractivity contribution in [2.45, 2.75) is 12.3 Å². The first-order valence-electron chi connectivity index (χ1n) is 4.82. The number of rotatable bonds is 6. The molecule has 0 radical (unpaired) electrons. The number of carbonyl (C=O) groups is 1. The van der Waals surface area contributed by atoms with Crippen LogP contribution in [0.3, 0.4) is 0 Å². The van der Waals surface area contributed by atoms with Gasteiger partial charge in [0, 0.05) is 6.54 Å². The van der Waals surface area contributed by atoms with Gasteiger partial charge in [-0.05, 0) is 4.92 Å². The summed E-state index contributed by atoms with van der Waals surface area (Å²) in [6.45, 7) is -0.759. The van der Waals surface area contributed by atoms with E-state index in [0.717, 1.165) is 6.20 Å². The van der Waals surface area contributed by atoms with Crippen LogP contribution in [0.15, 0.2) is 6.20 Å². The number of nitro groups is 1. The van der Waals surface area contributed by atoms with Crippen LogP contribution in [-0.4, -0.2) is 45.0 Å². The smallest absolute Gasteiger partial charge is 0.395 e. The summed E-state index contributed by atoms with van der Waals surface area (Å²) < 4.78 is 26.6. The summed E-state index contributed by atoms with van der Waals surface area (Å²) in [5, 5.41) is 20.5. The minimum atomic E-state index is -3.75. The van der Waals surface area contributed by atoms with E-state index in [0.29, 0.717) is 0 Å². The van der Waals surface area contributed by atoms with Crippen LogP contribution in [0.25, 0.3) is 0 Å². The maximum absolute atomic E-state index is 13.3. The molecule has 1 heterocycles. The lowest BCUT2D eigenvalue weighted by Crippen LogP contribution is -2.42. The molecule has 0 saturated carbocycles. The number of nitrogens with zero attached hydrogens (tertiary/aromatic N) is 2. The second-order valence-corrected chi connectivity index (χ2v) is 3.33. The van der Waals surface area contributed by atoms with Gasteiger partial charge in [0.25, 0.3) is 5.91 Å². The number of nitrogens with one attached hydrogen (secondary N) is 2. The summed E-state index contributed by atoms with van der Waals surface area (Å²) in [6.07, 6.45) is -0.125. The number of aliphatic hydroxyl groups is 1. The Morgan fingerprint density at radius 3 is 2.83 bits per heavy atom. The third-order valence-electron chi connectivity index (χ3n) is 1.92. The van der Waals surface area contributed by atoms with E-state index >= 15 is 0 Å². The molecule has 10 heteroatoms. The molecule has 0 aliphatic carbocycles. The summed E-state index contributed by atoms with van der Waals surface area (Å²) in [5.41, 5.74) is -0.300. The SMILES string of the molecule is O=C(NCCO)C(F)(F)Cc1c[nH]c([N+](=O)[O-])n1. The van der Waals surface area contributed by atoms with Crippen molar-refractivity contribution >= 4 is 11.9 Å². The summed E-state index contributed by atoms with van der Waals surface area (Å²) in [4.78, 5) is 25.8. The van der Waals surface area contributed by atoms with Crippen LogP contribution in [0.5, 0.6) is 0 Å². The molecule has 0 fully saturated rings. The Balaban J connectivity index is 2.68. The van der Waals surface area contributed by atoms with Crippen molar-refractivity contribution in [3.63, 3.8) is 0 Å². The van der Waals surface area contributed by atoms with Crippen molar-refractivity contribution in [2.24, 2.45) is 0 Å². The summed E-state index contributed by atoms with van der Waals surface area (Å²) in [5.74, 6) is -5.99. The third kappa shape index (κ3) is 3.45. The highest BCUT2D eigenvalue weighted by Crippen LogP contribution is 2.20. The van der Waals surface area contributed by atoms with E-state index in [1.807, 2.05) is 5.32 Å². The van der Waals surface area contributed by atoms with Gasteiger partial charge in [-0.25, -0.2) is 4.98 Å². The van der Waals surface area contributed by atoms with Gasteiger partial charge in [0.1, 0.15) is 6.20 Å². The fraction of sp³-hybridized carbons (Fsp3) is 0.500. The molecule has 1 aromatic rings. The molecule has 100 valence electrons. The molecular formula is C8H10F2N4O4. The number of aliphatic hydroxyl groups excluding tert-OH is 1. The van der Waals surface area contributed by atoms with E-state index < -0.39 is 35.7 Å². The van der Waals surface area contributed by atoms with Gasteiger partial charge >= 0.3 is 11.9 Å². The summed E-state index contributed by atoms with van der Waals surface area (Å²) >= 11 is 0. The first-order chi connectivity index (χ1) is 8.36. The third-order valence-corrected chi connectivity index (χ3v) is 1.92. The predicted molar refractivity (Wildman–Crippen MR) is 54.0 cm³/mol. The highest BCUT2D eigenvalue weighted by molar-refractivity contribution is 5.83. The fourth-order valence-electron chi connectivity index (χ4n) is 1.14. The standard InChI is InChI=1S/C8H10F2N4O4/c9-8(10,6(16)11-1-2-15)3-5-4-12-7(13-5)14(17)18/h4,15H,1-3H2,(H,11,16)(H,12,13). The predicted octanol–water partition coefficient (Wildman–Crippen LogP) is -0.396. The van der Waals surface area contributed by atoms with Gasteiger partial charge in [-0.3, -0.25) is 4.79 Å². The molecule has 0 atom stereocenters. The van der Waals surface area contributed by atoms with Crippen molar-refractivity contribution in [3.8, 4) is 0 Å². The minimum absolute atomic E-state index is 0.296. The number of H-pyrrole nitrogens is 1. The molecule has 1 amide bonds. The molecule has 0 aliphatic rings. The molecular weight excluding hydrogens is 254 g/mol. The molecule has 3 N–H and O–H groups in total. The molecule has 1 rings (SSSR count). The van der Waals surface area contributed by atoms with E-state index in [1.165, 1.54) is 0 Å². The van der Waals surface area contributed by atoms with Gasteiger partial charge in [-0.15, -0.1) is 0 Å². The maximum atomic E-state index is 13.3. The largest absolute Gasteiger partial charge is 0.432 e. The van der Waals surface area contributed by atoms with E-state index in [2.05, 4.69) is 9.97 Å². The molecule has 0 bridgehead atoms. The Bertz CT molecular complexity index is 448. The number of carbonyl (C=O) groups excluding carboxylic acids is 1. The van der Waals surface area contributed by atoms with Crippen molar-refractivity contribution in [3.05, 3.63) is 22.0 Å². The molecule has 0 saturated heterocycles. The molecule has 0 aliphatic heterocycles. The number of amides is 1. The Kier molecular flexibility index (Phi) is 4.26. The monoisotopic (exact) mass is 264 g/mol. The average Bonchev–Trinajstić information content (AvgIpc) is 2.73. The van der Waals surface area contributed by atoms with Crippen LogP contribution >= 0.6 is 0 Å². The molecule has 0 unspecified atom stereocenters. The van der Waals surface area contributed by atoms with Crippen molar-refractivity contribution in [1.29, 1.82) is 0 Å². The van der Waals surface area contributed by atoms with Gasteiger partial charge in [0.05, 0.1) is 13.0 Å². The van der Waals surface area contributed by atoms with Crippen LogP contribution in [0.2, 0.25) is 0 Å². The van der Waals surface area contributed by atoms with E-state index in [-0.39, 0.29) is 12.2 Å². The number of alkyl halides is 2. The van der Waals surface area contributed by atoms with Crippen molar-refractivity contribution < 1.29 is 23.6 Å². The van der Waals surface area contributed by atoms with Gasteiger partial charge in [-0.1, -0.05) is 4.98 Å². The fourth-order valence-corrected chi connectivity index (χ4v) is 1.14. The lowest BCUT2D eigenvalue weighted by Gasteiger charge is -2.13. The highest BCUT2D eigenvalue weighted by Gasteiger charge is 2.40. The lowest BCUT2D eigenvalue weighted by molar-refractivity contribution is -0.393. The Morgan fingerprint density at radius 1 is 1.67 bits per heavy atom. The van der Waals surface area contributed by atoms with Crippen LogP contribution in [0.1, 0.15) is 5.69 Å². The topological polar surface area (TPSA) is 121 Å². The first kappa shape index (κ1) is 14.0. The van der Waals surface area contributed by atoms with E-state index in [1.54, 1.807) is 0 Å². The van der Waals surface area contributed by atoms with Gasteiger partial charge in [0.2, 0.25) is 0 Å². The number of hydrogen-bond acceptors (Lipinski definition) is 5. The zero-order chi connectivity index (χ0) is 13.8. The zero-order valence-electron chi connectivity index (χ0n) is 9.02. The van der Waals surface area contributed by atoms with E-state index in [4.69, 9.17) is 5.11 Å². The molecule has 0 spiro atoms. The lowest BCUT2D eigenvalue weighted by atomic mass is 10.2. The molecule has 0 aromatic carbocycles. The van der Waals surface area contributed by atoms with Crippen LogP contribution in [0, 0.1) is 10.1 Å². The van der Waals surface area contributed by atoms with Crippen LogP contribution < -0.4 is 5.32 Å². The summed E-state index contributed by atoms with van der Waals surface area (Å²) in [7, 11) is 0. The van der Waals surface area contributed by atoms with E-state index in [9.17, 15) is 23.7 Å². The quantitative estimate of drug-likeness (QED) is 0.477. The molecule has 8 nitrogen and oxygen atoms in total. The maximum Gasteiger partial charge on any atom is 0.432 e.